The van der Waals surface area contributed by atoms with Crippen LogP contribution in [0.2, 0.25) is 5.02 Å². The van der Waals surface area contributed by atoms with Gasteiger partial charge in [-0.15, -0.1) is 0 Å². The Labute approximate surface area is 269 Å². The zero-order valence-electron chi connectivity index (χ0n) is 25.8. The number of likely N-dealkylation sites (tertiary alicyclic amines) is 1. The van der Waals surface area contributed by atoms with E-state index in [1.165, 1.54) is 21.7 Å². The van der Waals surface area contributed by atoms with E-state index in [2.05, 4.69) is 20.9 Å². The van der Waals surface area contributed by atoms with Crippen LogP contribution in [0.4, 0.5) is 31.2 Å². The van der Waals surface area contributed by atoms with Crippen molar-refractivity contribution in [3.05, 3.63) is 82.0 Å². The molecule has 1 saturated heterocycles. The molecule has 0 saturated carbocycles. The van der Waals surface area contributed by atoms with Gasteiger partial charge in [-0.05, 0) is 70.9 Å². The fraction of sp³-hybridized carbons (Fsp3) is 0.303. The first kappa shape index (κ1) is 32.4. The first-order valence-corrected chi connectivity index (χ1v) is 15.2. The van der Waals surface area contributed by atoms with Crippen molar-refractivity contribution in [1.29, 1.82) is 0 Å². The highest BCUT2D eigenvalue weighted by Gasteiger charge is 2.36. The normalized spacial score (nSPS) is 14.7. The molecule has 240 valence electrons. The second-order valence-electron chi connectivity index (χ2n) is 11.8. The van der Waals surface area contributed by atoms with Crippen LogP contribution in [-0.2, 0) is 16.1 Å². The molecule has 4 aromatic rings. The molecular formula is C33H34ClFN6O5. The Bertz CT molecular complexity index is 1870. The van der Waals surface area contributed by atoms with Crippen LogP contribution < -0.4 is 21.5 Å². The topological polar surface area (TPSA) is 135 Å². The Morgan fingerprint density at radius 1 is 1.04 bits per heavy atom. The summed E-state index contributed by atoms with van der Waals surface area (Å²) in [5.41, 5.74) is 0.113. The number of para-hydroxylation sites is 1. The Kier molecular flexibility index (Phi) is 9.29. The summed E-state index contributed by atoms with van der Waals surface area (Å²) in [5.74, 6) is -0.978. The minimum absolute atomic E-state index is 0.0198. The fourth-order valence-corrected chi connectivity index (χ4v) is 5.54. The number of hydrogen-bond donors (Lipinski definition) is 3. The average molecular weight is 649 g/mol. The van der Waals surface area contributed by atoms with Gasteiger partial charge < -0.3 is 25.3 Å². The Hall–Kier alpha value is -4.97. The van der Waals surface area contributed by atoms with E-state index < -0.39 is 41.1 Å². The summed E-state index contributed by atoms with van der Waals surface area (Å²) < 4.78 is 21.8. The van der Waals surface area contributed by atoms with Gasteiger partial charge in [-0.25, -0.2) is 19.0 Å². The molecule has 4 amide bonds. The Morgan fingerprint density at radius 2 is 1.78 bits per heavy atom. The first-order chi connectivity index (χ1) is 21.8. The van der Waals surface area contributed by atoms with Crippen LogP contribution in [-0.4, -0.2) is 50.7 Å². The van der Waals surface area contributed by atoms with Crippen molar-refractivity contribution in [2.45, 2.75) is 58.7 Å². The molecule has 1 unspecified atom stereocenters. The summed E-state index contributed by atoms with van der Waals surface area (Å²) in [6.45, 7) is 7.74. The summed E-state index contributed by atoms with van der Waals surface area (Å²) in [4.78, 5) is 58.0. The van der Waals surface area contributed by atoms with Crippen molar-refractivity contribution in [1.82, 2.24) is 14.5 Å². The van der Waals surface area contributed by atoms with Gasteiger partial charge in [-0.3, -0.25) is 14.5 Å². The van der Waals surface area contributed by atoms with Crippen LogP contribution in [0.3, 0.4) is 0 Å². The number of aromatic nitrogens is 2. The van der Waals surface area contributed by atoms with E-state index in [4.69, 9.17) is 16.3 Å². The van der Waals surface area contributed by atoms with Gasteiger partial charge in [-0.1, -0.05) is 29.8 Å². The van der Waals surface area contributed by atoms with Crippen molar-refractivity contribution in [2.75, 3.05) is 22.5 Å². The molecule has 1 aliphatic rings. The molecule has 46 heavy (non-hydrogen) atoms. The highest BCUT2D eigenvalue weighted by atomic mass is 35.5. The highest BCUT2D eigenvalue weighted by Crippen LogP contribution is 2.33. The maximum Gasteiger partial charge on any atom is 0.410 e. The van der Waals surface area contributed by atoms with Gasteiger partial charge in [0.15, 0.2) is 0 Å². The van der Waals surface area contributed by atoms with Crippen LogP contribution in [0.1, 0.15) is 40.5 Å². The minimum Gasteiger partial charge on any atom is -0.444 e. The largest absolute Gasteiger partial charge is 0.444 e. The lowest BCUT2D eigenvalue weighted by Gasteiger charge is -2.28. The molecule has 0 aliphatic carbocycles. The molecular weight excluding hydrogens is 615 g/mol. The van der Waals surface area contributed by atoms with Crippen LogP contribution in [0.25, 0.3) is 22.0 Å². The molecule has 1 aliphatic heterocycles. The average Bonchev–Trinajstić information content (AvgIpc) is 3.49. The van der Waals surface area contributed by atoms with Crippen molar-refractivity contribution in [3.63, 3.8) is 0 Å². The fourth-order valence-electron chi connectivity index (χ4n) is 5.29. The highest BCUT2D eigenvalue weighted by molar-refractivity contribution is 6.33. The third kappa shape index (κ3) is 7.12. The van der Waals surface area contributed by atoms with Gasteiger partial charge >= 0.3 is 12.1 Å². The number of benzene rings is 2. The van der Waals surface area contributed by atoms with E-state index in [0.717, 1.165) is 6.07 Å². The van der Waals surface area contributed by atoms with Crippen molar-refractivity contribution >= 4 is 57.7 Å². The number of ether oxygens (including phenoxy) is 1. The molecule has 1 atom stereocenters. The SMILES string of the molecule is CCn1c(=O)c(-c2cc(NC(=O)Nc3ccccc3)c(F)cc2Cl)cc2cnc(NC(=O)C3CCCN3C(=O)OC(C)(C)C)cc21. The number of aryl methyl sites for hydroxylation is 1. The van der Waals surface area contributed by atoms with E-state index in [-0.39, 0.29) is 34.2 Å². The zero-order chi connectivity index (χ0) is 33.2. The van der Waals surface area contributed by atoms with Crippen LogP contribution >= 0.6 is 11.6 Å². The third-order valence-corrected chi connectivity index (χ3v) is 7.67. The number of urea groups is 1. The Balaban J connectivity index is 1.42. The number of fused-ring (bicyclic) bond motifs is 1. The molecule has 2 aromatic carbocycles. The quantitative estimate of drug-likeness (QED) is 0.209. The maximum absolute atomic E-state index is 14.9. The van der Waals surface area contributed by atoms with E-state index >= 15 is 0 Å². The molecule has 1 fully saturated rings. The summed E-state index contributed by atoms with van der Waals surface area (Å²) in [6, 6.07) is 12.8. The van der Waals surface area contributed by atoms with E-state index in [0.29, 0.717) is 36.0 Å². The molecule has 2 aromatic heterocycles. The van der Waals surface area contributed by atoms with E-state index in [1.54, 1.807) is 70.2 Å². The number of carbonyl (C=O) groups is 3. The lowest BCUT2D eigenvalue weighted by molar-refractivity contribution is -0.120. The molecule has 11 nitrogen and oxygen atoms in total. The summed E-state index contributed by atoms with van der Waals surface area (Å²) >= 11 is 6.42. The number of hydrogen-bond acceptors (Lipinski definition) is 6. The first-order valence-electron chi connectivity index (χ1n) is 14.8. The van der Waals surface area contributed by atoms with Crippen LogP contribution in [0.5, 0.6) is 0 Å². The second kappa shape index (κ2) is 13.2. The van der Waals surface area contributed by atoms with Gasteiger partial charge in [0.05, 0.1) is 16.2 Å². The minimum atomic E-state index is -0.775. The number of nitrogens with one attached hydrogen (secondary N) is 3. The molecule has 0 spiro atoms. The summed E-state index contributed by atoms with van der Waals surface area (Å²) in [7, 11) is 0. The van der Waals surface area contributed by atoms with Crippen LogP contribution in [0, 0.1) is 5.82 Å². The van der Waals surface area contributed by atoms with Crippen molar-refractivity contribution in [2.24, 2.45) is 0 Å². The zero-order valence-corrected chi connectivity index (χ0v) is 26.6. The number of halogens is 2. The van der Waals surface area contributed by atoms with Gasteiger partial charge in [-0.2, -0.15) is 0 Å². The van der Waals surface area contributed by atoms with E-state index in [9.17, 15) is 23.6 Å². The van der Waals surface area contributed by atoms with Crippen molar-refractivity contribution in [3.8, 4) is 11.1 Å². The second-order valence-corrected chi connectivity index (χ2v) is 12.2. The van der Waals surface area contributed by atoms with Gasteiger partial charge in [0, 0.05) is 47.6 Å². The summed E-state index contributed by atoms with van der Waals surface area (Å²) in [5, 5.41) is 8.41. The monoisotopic (exact) mass is 648 g/mol. The van der Waals surface area contributed by atoms with Gasteiger partial charge in [0.25, 0.3) is 5.56 Å². The molecule has 13 heteroatoms. The van der Waals surface area contributed by atoms with Crippen LogP contribution in [0.15, 0.2) is 65.6 Å². The number of amides is 4. The lowest BCUT2D eigenvalue weighted by Crippen LogP contribution is -2.45. The number of carbonyl (C=O) groups excluding carboxylic acids is 3. The third-order valence-electron chi connectivity index (χ3n) is 7.36. The number of rotatable bonds is 6. The number of nitrogens with zero attached hydrogens (tertiary/aromatic N) is 3. The standard InChI is InChI=1S/C33H34ClFN6O5/c1-5-40-27-17-28(39-29(42)26-12-9-13-41(26)32(45)46-33(2,3)4)36-18-19(27)14-22(30(40)43)21-15-25(24(35)16-23(21)34)38-31(44)37-20-10-7-6-8-11-20/h6-8,10-11,14-18,26H,5,9,12-13H2,1-4H3,(H,36,39,42)(H2,37,38,44). The maximum atomic E-state index is 14.9. The predicted octanol–water partition coefficient (Wildman–Crippen LogP) is 6.86. The molecule has 3 heterocycles. The number of anilines is 3. The number of pyridine rings is 2. The summed E-state index contributed by atoms with van der Waals surface area (Å²) in [6.07, 6.45) is 2.08. The van der Waals surface area contributed by atoms with E-state index in [1.807, 2.05) is 0 Å². The molecule has 3 N–H and O–H groups in total. The molecule has 0 bridgehead atoms. The Morgan fingerprint density at radius 3 is 2.48 bits per heavy atom. The van der Waals surface area contributed by atoms with Gasteiger partial charge in [0.2, 0.25) is 5.91 Å². The predicted molar refractivity (Wildman–Crippen MR) is 176 cm³/mol. The van der Waals surface area contributed by atoms with Crippen molar-refractivity contribution < 1.29 is 23.5 Å². The molecule has 5 rings (SSSR count). The molecule has 0 radical (unpaired) electrons. The smallest absolute Gasteiger partial charge is 0.410 e. The van der Waals surface area contributed by atoms with Gasteiger partial charge in [0.1, 0.15) is 23.3 Å². The lowest BCUT2D eigenvalue weighted by atomic mass is 10.0.